The predicted molar refractivity (Wildman–Crippen MR) is 74.9 cm³/mol. The molecule has 0 aliphatic carbocycles. The smallest absolute Gasteiger partial charge is 0.235 e. The Kier molecular flexibility index (Phi) is 4.38. The quantitative estimate of drug-likeness (QED) is 0.937. The van der Waals surface area contributed by atoms with Crippen molar-refractivity contribution in [1.82, 2.24) is 14.9 Å². The molecule has 1 amide bonds. The minimum Gasteiger partial charge on any atom is -0.341 e. The van der Waals surface area contributed by atoms with Gasteiger partial charge in [-0.15, -0.1) is 0 Å². The highest BCUT2D eigenvalue weighted by Gasteiger charge is 2.20. The minimum absolute atomic E-state index is 0.193. The summed E-state index contributed by atoms with van der Waals surface area (Å²) in [5, 5.41) is 12.0. The van der Waals surface area contributed by atoms with Crippen LogP contribution in [0, 0.1) is 11.3 Å². The fraction of sp³-hybridized carbons (Fsp3) is 0.214. The molecule has 6 heteroatoms. The van der Waals surface area contributed by atoms with Gasteiger partial charge in [-0.1, -0.05) is 23.7 Å². The Morgan fingerprint density at radius 3 is 3.00 bits per heavy atom. The van der Waals surface area contributed by atoms with Gasteiger partial charge in [0.2, 0.25) is 5.91 Å². The van der Waals surface area contributed by atoms with Crippen molar-refractivity contribution in [2.75, 3.05) is 0 Å². The summed E-state index contributed by atoms with van der Waals surface area (Å²) in [5.41, 5.74) is 0.818. The molecule has 1 atom stereocenters. The number of hydrogen-bond acceptors (Lipinski definition) is 3. The zero-order chi connectivity index (χ0) is 14.5. The summed E-state index contributed by atoms with van der Waals surface area (Å²) in [4.78, 5) is 16.0. The molecular weight excluding hydrogens is 276 g/mol. The van der Waals surface area contributed by atoms with Crippen LogP contribution in [0.3, 0.4) is 0 Å². The summed E-state index contributed by atoms with van der Waals surface area (Å²) < 4.78 is 1.82. The average Bonchev–Trinajstić information content (AvgIpc) is 2.82. The number of carbonyl (C=O) groups excluding carboxylic acids is 1. The van der Waals surface area contributed by atoms with Crippen LogP contribution in [-0.4, -0.2) is 15.5 Å². The lowest BCUT2D eigenvalue weighted by Gasteiger charge is -2.18. The van der Waals surface area contributed by atoms with Crippen molar-refractivity contribution in [3.05, 3.63) is 53.1 Å². The van der Waals surface area contributed by atoms with E-state index in [0.717, 1.165) is 5.56 Å². The van der Waals surface area contributed by atoms with Crippen LogP contribution in [-0.2, 0) is 11.8 Å². The number of nitrogens with zero attached hydrogens (tertiary/aromatic N) is 3. The molecule has 0 fully saturated rings. The molecule has 0 radical (unpaired) electrons. The zero-order valence-corrected chi connectivity index (χ0v) is 11.6. The summed E-state index contributed by atoms with van der Waals surface area (Å²) in [6.45, 7) is 0. The molecule has 0 aliphatic rings. The highest BCUT2D eigenvalue weighted by Crippen LogP contribution is 2.23. The number of hydrogen-bond donors (Lipinski definition) is 1. The van der Waals surface area contributed by atoms with Crippen molar-refractivity contribution in [2.24, 2.45) is 7.05 Å². The van der Waals surface area contributed by atoms with Crippen molar-refractivity contribution < 1.29 is 4.79 Å². The standard InChI is InChI=1S/C14H13ClN4O/c1-19-8-7-17-14(19)13(18-12(20)5-6-16)10-3-2-4-11(15)9-10/h2-4,7-9,13H,5H2,1H3,(H,18,20). The number of nitrogens with one attached hydrogen (secondary N) is 1. The predicted octanol–water partition coefficient (Wildman–Crippen LogP) is 2.19. The maximum atomic E-state index is 11.7. The fourth-order valence-electron chi connectivity index (χ4n) is 1.92. The second-order valence-electron chi connectivity index (χ2n) is 4.29. The van der Waals surface area contributed by atoms with Gasteiger partial charge in [0.05, 0.1) is 6.07 Å². The van der Waals surface area contributed by atoms with Gasteiger partial charge < -0.3 is 9.88 Å². The highest BCUT2D eigenvalue weighted by atomic mass is 35.5. The molecule has 0 spiro atoms. The minimum atomic E-state index is -0.436. The van der Waals surface area contributed by atoms with Crippen LogP contribution in [0.4, 0.5) is 0 Å². The summed E-state index contributed by atoms with van der Waals surface area (Å²) >= 11 is 6.00. The van der Waals surface area contributed by atoms with E-state index in [-0.39, 0.29) is 12.3 Å². The number of rotatable bonds is 4. The maximum Gasteiger partial charge on any atom is 0.235 e. The summed E-state index contributed by atoms with van der Waals surface area (Å²) in [6, 6.07) is 8.60. The van der Waals surface area contributed by atoms with Crippen LogP contribution in [0.1, 0.15) is 23.9 Å². The van der Waals surface area contributed by atoms with Crippen molar-refractivity contribution in [1.29, 1.82) is 5.26 Å². The van der Waals surface area contributed by atoms with E-state index in [1.807, 2.05) is 29.8 Å². The third-order valence-electron chi connectivity index (χ3n) is 2.84. The number of amides is 1. The average molecular weight is 289 g/mol. The van der Waals surface area contributed by atoms with Crippen molar-refractivity contribution >= 4 is 17.5 Å². The van der Waals surface area contributed by atoms with E-state index in [9.17, 15) is 4.79 Å². The first-order chi connectivity index (χ1) is 9.61. The second kappa shape index (κ2) is 6.22. The van der Waals surface area contributed by atoms with Crippen LogP contribution in [0.5, 0.6) is 0 Å². The highest BCUT2D eigenvalue weighted by molar-refractivity contribution is 6.30. The molecule has 102 valence electrons. The van der Waals surface area contributed by atoms with Gasteiger partial charge in [0.1, 0.15) is 18.3 Å². The number of halogens is 1. The Hall–Kier alpha value is -2.32. The first-order valence-electron chi connectivity index (χ1n) is 6.01. The van der Waals surface area contributed by atoms with E-state index in [1.165, 1.54) is 0 Å². The lowest BCUT2D eigenvalue weighted by Crippen LogP contribution is -2.30. The van der Waals surface area contributed by atoms with E-state index in [0.29, 0.717) is 10.8 Å². The Labute approximate surface area is 121 Å². The fourth-order valence-corrected chi connectivity index (χ4v) is 2.12. The Bertz CT molecular complexity index is 659. The molecule has 0 saturated carbocycles. The SMILES string of the molecule is Cn1ccnc1C(NC(=O)CC#N)c1cccc(Cl)c1. The lowest BCUT2D eigenvalue weighted by atomic mass is 10.1. The Morgan fingerprint density at radius 1 is 1.60 bits per heavy atom. The topological polar surface area (TPSA) is 70.7 Å². The number of carbonyl (C=O) groups is 1. The molecule has 0 aliphatic heterocycles. The molecule has 1 aromatic carbocycles. The van der Waals surface area contributed by atoms with Crippen molar-refractivity contribution in [2.45, 2.75) is 12.5 Å². The van der Waals surface area contributed by atoms with Crippen LogP contribution in [0.25, 0.3) is 0 Å². The summed E-state index contributed by atoms with van der Waals surface area (Å²) in [5.74, 6) is 0.332. The van der Waals surface area contributed by atoms with E-state index in [2.05, 4.69) is 10.3 Å². The molecule has 5 nitrogen and oxygen atoms in total. The normalized spacial score (nSPS) is 11.7. The van der Waals surface area contributed by atoms with Crippen molar-refractivity contribution in [3.63, 3.8) is 0 Å². The summed E-state index contributed by atoms with van der Waals surface area (Å²) in [6.07, 6.45) is 3.26. The number of aromatic nitrogens is 2. The molecule has 1 heterocycles. The van der Waals surface area contributed by atoms with Crippen LogP contribution < -0.4 is 5.32 Å². The monoisotopic (exact) mass is 288 g/mol. The third kappa shape index (κ3) is 3.16. The van der Waals surface area contributed by atoms with Gasteiger partial charge in [-0.3, -0.25) is 4.79 Å². The molecular formula is C14H13ClN4O. The largest absolute Gasteiger partial charge is 0.341 e. The molecule has 1 aromatic heterocycles. The van der Waals surface area contributed by atoms with Crippen LogP contribution in [0.2, 0.25) is 5.02 Å². The Balaban J connectivity index is 2.37. The zero-order valence-electron chi connectivity index (χ0n) is 10.9. The molecule has 20 heavy (non-hydrogen) atoms. The van der Waals surface area contributed by atoms with Crippen molar-refractivity contribution in [3.8, 4) is 6.07 Å². The Morgan fingerprint density at radius 2 is 2.40 bits per heavy atom. The van der Waals surface area contributed by atoms with Gasteiger partial charge in [0.25, 0.3) is 0 Å². The van der Waals surface area contributed by atoms with E-state index >= 15 is 0 Å². The number of imidazole rings is 1. The molecule has 0 bridgehead atoms. The molecule has 2 rings (SSSR count). The molecule has 2 aromatic rings. The summed E-state index contributed by atoms with van der Waals surface area (Å²) in [7, 11) is 1.84. The van der Waals surface area contributed by atoms with Crippen LogP contribution in [0.15, 0.2) is 36.7 Å². The third-order valence-corrected chi connectivity index (χ3v) is 3.08. The van der Waals surface area contributed by atoms with E-state index in [1.54, 1.807) is 24.5 Å². The van der Waals surface area contributed by atoms with E-state index < -0.39 is 6.04 Å². The van der Waals surface area contributed by atoms with Gasteiger partial charge in [-0.25, -0.2) is 4.98 Å². The lowest BCUT2D eigenvalue weighted by molar-refractivity contribution is -0.120. The van der Waals surface area contributed by atoms with Crippen LogP contribution >= 0.6 is 11.6 Å². The van der Waals surface area contributed by atoms with Gasteiger partial charge in [-0.05, 0) is 17.7 Å². The molecule has 1 unspecified atom stereocenters. The van der Waals surface area contributed by atoms with Gasteiger partial charge >= 0.3 is 0 Å². The maximum absolute atomic E-state index is 11.7. The van der Waals surface area contributed by atoms with Gasteiger partial charge in [-0.2, -0.15) is 5.26 Å². The second-order valence-corrected chi connectivity index (χ2v) is 4.72. The van der Waals surface area contributed by atoms with E-state index in [4.69, 9.17) is 16.9 Å². The van der Waals surface area contributed by atoms with Gasteiger partial charge in [0.15, 0.2) is 0 Å². The number of benzene rings is 1. The molecule has 1 N–H and O–H groups in total. The van der Waals surface area contributed by atoms with Gasteiger partial charge in [0, 0.05) is 24.5 Å². The first kappa shape index (κ1) is 14.1. The number of aryl methyl sites for hydroxylation is 1. The molecule has 0 saturated heterocycles. The number of nitriles is 1. The first-order valence-corrected chi connectivity index (χ1v) is 6.38.